The van der Waals surface area contributed by atoms with Gasteiger partial charge in [0, 0.05) is 19.3 Å². The van der Waals surface area contributed by atoms with Gasteiger partial charge in [0.15, 0.2) is 12.1 Å². The Labute approximate surface area is 381 Å². The zero-order valence-electron chi connectivity index (χ0n) is 40.8. The van der Waals surface area contributed by atoms with Crippen LogP contribution in [0.15, 0.2) is 60.8 Å². The summed E-state index contributed by atoms with van der Waals surface area (Å²) in [5.41, 5.74) is 0. The second kappa shape index (κ2) is 44.6. The molecule has 0 bridgehead atoms. The maximum Gasteiger partial charge on any atom is 0.362 e. The monoisotopic (exact) mass is 871 g/mol. The van der Waals surface area contributed by atoms with E-state index in [4.69, 9.17) is 14.2 Å². The van der Waals surface area contributed by atoms with Gasteiger partial charge in [0.2, 0.25) is 0 Å². The summed E-state index contributed by atoms with van der Waals surface area (Å²) in [6.45, 7) is 4.59. The zero-order valence-corrected chi connectivity index (χ0v) is 40.8. The van der Waals surface area contributed by atoms with Crippen molar-refractivity contribution < 1.29 is 38.2 Å². The first-order valence-electron chi connectivity index (χ1n) is 25.3. The number of carboxylic acids is 1. The topological polar surface area (TPSA) is 99.1 Å². The Morgan fingerprint density at radius 1 is 0.500 bits per heavy atom. The van der Waals surface area contributed by atoms with Crippen LogP contribution in [0.4, 0.5) is 0 Å². The quantitative estimate of drug-likeness (QED) is 0.0282. The number of rotatable bonds is 45. The van der Waals surface area contributed by atoms with E-state index in [1.807, 2.05) is 21.1 Å². The third kappa shape index (κ3) is 42.3. The predicted octanol–water partition coefficient (Wildman–Crippen LogP) is 14.5. The lowest BCUT2D eigenvalue weighted by Crippen LogP contribution is -2.50. The second-order valence-electron chi connectivity index (χ2n) is 18.1. The molecule has 8 nitrogen and oxygen atoms in total. The maximum absolute atomic E-state index is 12.8. The van der Waals surface area contributed by atoms with E-state index in [2.05, 4.69) is 74.6 Å². The second-order valence-corrected chi connectivity index (χ2v) is 18.1. The highest BCUT2D eigenvalue weighted by molar-refractivity contribution is 5.72. The Morgan fingerprint density at radius 2 is 0.903 bits per heavy atom. The number of carboxylic acid groups (broad SMARTS) is 1. The lowest BCUT2D eigenvalue weighted by molar-refractivity contribution is -0.887. The van der Waals surface area contributed by atoms with Crippen LogP contribution in [0.5, 0.6) is 0 Å². The van der Waals surface area contributed by atoms with Crippen LogP contribution in [-0.2, 0) is 28.6 Å². The molecule has 0 saturated heterocycles. The summed E-state index contributed by atoms with van der Waals surface area (Å²) in [5, 5.41) is 9.65. The molecular weight excluding hydrogens is 775 g/mol. The highest BCUT2D eigenvalue weighted by Crippen LogP contribution is 2.16. The van der Waals surface area contributed by atoms with Gasteiger partial charge in [-0.2, -0.15) is 0 Å². The van der Waals surface area contributed by atoms with Gasteiger partial charge in [0.25, 0.3) is 0 Å². The molecule has 0 aliphatic heterocycles. The van der Waals surface area contributed by atoms with E-state index in [1.54, 1.807) is 0 Å². The van der Waals surface area contributed by atoms with Crippen molar-refractivity contribution in [3.8, 4) is 0 Å². The summed E-state index contributed by atoms with van der Waals surface area (Å²) < 4.78 is 17.3. The van der Waals surface area contributed by atoms with Crippen LogP contribution in [-0.4, -0.2) is 80.6 Å². The fourth-order valence-corrected chi connectivity index (χ4v) is 7.31. The highest BCUT2D eigenvalue weighted by atomic mass is 16.6. The first kappa shape index (κ1) is 59.0. The van der Waals surface area contributed by atoms with Crippen LogP contribution in [0.3, 0.4) is 0 Å². The number of esters is 2. The van der Waals surface area contributed by atoms with Crippen molar-refractivity contribution >= 4 is 17.9 Å². The van der Waals surface area contributed by atoms with Gasteiger partial charge in [0.05, 0.1) is 34.4 Å². The van der Waals surface area contributed by atoms with Crippen molar-refractivity contribution in [3.63, 3.8) is 0 Å². The molecule has 0 amide bonds. The molecule has 62 heavy (non-hydrogen) atoms. The number of likely N-dealkylation sites (N-methyl/N-ethyl adjacent to an activating group) is 1. The number of nitrogens with zero attached hydrogens (tertiary/aromatic N) is 1. The fraction of sp³-hybridized carbons (Fsp3) is 0.759. The summed E-state index contributed by atoms with van der Waals surface area (Å²) in [4.78, 5) is 37.1. The van der Waals surface area contributed by atoms with Gasteiger partial charge in [-0.3, -0.25) is 9.59 Å². The molecular formula is C54H96NO7+. The van der Waals surface area contributed by atoms with Crippen molar-refractivity contribution in [2.45, 2.75) is 225 Å². The number of carbonyl (C=O) groups is 3. The molecule has 0 aliphatic carbocycles. The van der Waals surface area contributed by atoms with E-state index in [1.165, 1.54) is 116 Å². The van der Waals surface area contributed by atoms with Gasteiger partial charge >= 0.3 is 17.9 Å². The minimum Gasteiger partial charge on any atom is -0.477 e. The SMILES string of the molecule is CC/C=C/C/C=C/C/C=C/C/C=C/C/C=C/CCCC(=O)OCC(COCCC(C(=O)O)[N+](C)(C)C)OC(=O)CCCCCCCCCCCCCCCCCCCCCCC. The van der Waals surface area contributed by atoms with E-state index in [9.17, 15) is 19.5 Å². The van der Waals surface area contributed by atoms with E-state index in [0.29, 0.717) is 19.3 Å². The molecule has 8 heteroatoms. The summed E-state index contributed by atoms with van der Waals surface area (Å²) >= 11 is 0. The Bertz CT molecular complexity index is 1200. The van der Waals surface area contributed by atoms with Crippen LogP contribution >= 0.6 is 0 Å². The summed E-state index contributed by atoms with van der Waals surface area (Å²) in [6.07, 6.45) is 55.7. The van der Waals surface area contributed by atoms with Gasteiger partial charge < -0.3 is 23.8 Å². The maximum atomic E-state index is 12.8. The van der Waals surface area contributed by atoms with Gasteiger partial charge in [-0.1, -0.05) is 203 Å². The van der Waals surface area contributed by atoms with Crippen LogP contribution in [0.2, 0.25) is 0 Å². The molecule has 0 spiro atoms. The predicted molar refractivity (Wildman–Crippen MR) is 261 cm³/mol. The molecule has 0 saturated carbocycles. The fourth-order valence-electron chi connectivity index (χ4n) is 7.31. The molecule has 0 aromatic rings. The molecule has 0 rings (SSSR count). The molecule has 0 radical (unpaired) electrons. The number of quaternary nitrogens is 1. The molecule has 0 aromatic carbocycles. The van der Waals surface area contributed by atoms with Gasteiger partial charge in [0.1, 0.15) is 6.61 Å². The van der Waals surface area contributed by atoms with Crippen molar-refractivity contribution in [2.24, 2.45) is 0 Å². The average Bonchev–Trinajstić information content (AvgIpc) is 3.23. The minimum absolute atomic E-state index is 0.0435. The summed E-state index contributed by atoms with van der Waals surface area (Å²) in [7, 11) is 5.52. The van der Waals surface area contributed by atoms with Crippen molar-refractivity contribution in [2.75, 3.05) is 41.0 Å². The Morgan fingerprint density at radius 3 is 1.32 bits per heavy atom. The van der Waals surface area contributed by atoms with Crippen LogP contribution in [0.1, 0.15) is 213 Å². The number of carbonyl (C=O) groups excluding carboxylic acids is 2. The van der Waals surface area contributed by atoms with E-state index in [-0.39, 0.29) is 42.7 Å². The van der Waals surface area contributed by atoms with Gasteiger partial charge in [-0.15, -0.1) is 0 Å². The normalized spacial score (nSPS) is 13.4. The smallest absolute Gasteiger partial charge is 0.362 e. The Kier molecular flexibility index (Phi) is 42.5. The lowest BCUT2D eigenvalue weighted by atomic mass is 10.0. The number of hydrogen-bond acceptors (Lipinski definition) is 6. The van der Waals surface area contributed by atoms with E-state index < -0.39 is 18.1 Å². The number of aliphatic carboxylic acids is 1. The summed E-state index contributed by atoms with van der Waals surface area (Å²) in [5.74, 6) is -1.54. The highest BCUT2D eigenvalue weighted by Gasteiger charge is 2.31. The number of hydrogen-bond donors (Lipinski definition) is 1. The molecule has 358 valence electrons. The number of allylic oxidation sites excluding steroid dienone is 10. The molecule has 2 atom stereocenters. The number of unbranched alkanes of at least 4 members (excludes halogenated alkanes) is 21. The molecule has 0 heterocycles. The van der Waals surface area contributed by atoms with Crippen molar-refractivity contribution in [3.05, 3.63) is 60.8 Å². The van der Waals surface area contributed by atoms with Crippen LogP contribution in [0.25, 0.3) is 0 Å². The van der Waals surface area contributed by atoms with Gasteiger partial charge in [-0.05, 0) is 51.4 Å². The molecule has 1 N–H and O–H groups in total. The zero-order chi connectivity index (χ0) is 45.6. The Balaban J connectivity index is 4.30. The van der Waals surface area contributed by atoms with Crippen LogP contribution in [0, 0.1) is 0 Å². The molecule has 0 fully saturated rings. The van der Waals surface area contributed by atoms with Crippen molar-refractivity contribution in [1.82, 2.24) is 0 Å². The molecule has 0 aromatic heterocycles. The third-order valence-electron chi connectivity index (χ3n) is 11.2. The lowest BCUT2D eigenvalue weighted by Gasteiger charge is -2.31. The molecule has 2 unspecified atom stereocenters. The largest absolute Gasteiger partial charge is 0.477 e. The average molecular weight is 871 g/mol. The van der Waals surface area contributed by atoms with Crippen LogP contribution < -0.4 is 0 Å². The first-order chi connectivity index (χ1) is 30.1. The minimum atomic E-state index is -0.882. The Hall–Kier alpha value is -2.97. The van der Waals surface area contributed by atoms with E-state index in [0.717, 1.165) is 57.8 Å². The van der Waals surface area contributed by atoms with Crippen molar-refractivity contribution in [1.29, 1.82) is 0 Å². The summed E-state index contributed by atoms with van der Waals surface area (Å²) in [6, 6.07) is -0.624. The molecule has 0 aliphatic rings. The first-order valence-corrected chi connectivity index (χ1v) is 25.3. The standard InChI is InChI=1S/C54H95NO7/c1-6-8-10-12-14-16-18-20-22-24-25-26-27-29-31-33-35-37-39-41-43-45-53(57)62-50(48-60-47-46-51(54(58)59)55(3,4)5)49-61-52(56)44-42-40-38-36-34-32-30-28-23-21-19-17-15-13-11-9-7-2/h9,11,15,17,21,23,30,32,36,38,50-51H,6-8,10,12-14,16,18-20,22,24-29,31,33-35,37,39-49H2,1-5H3/p+1/b11-9+,17-15+,23-21+,32-30+,38-36+. The van der Waals surface area contributed by atoms with Gasteiger partial charge in [-0.25, -0.2) is 4.79 Å². The van der Waals surface area contributed by atoms with E-state index >= 15 is 0 Å². The number of ether oxygens (including phenoxy) is 3. The third-order valence-corrected chi connectivity index (χ3v) is 11.2.